The highest BCUT2D eigenvalue weighted by molar-refractivity contribution is 5.56. The van der Waals surface area contributed by atoms with E-state index in [0.717, 1.165) is 17.8 Å². The molecule has 0 aliphatic heterocycles. The maximum absolute atomic E-state index is 5.38. The summed E-state index contributed by atoms with van der Waals surface area (Å²) >= 11 is 0. The predicted molar refractivity (Wildman–Crippen MR) is 71.7 cm³/mol. The van der Waals surface area contributed by atoms with E-state index in [2.05, 4.69) is 41.5 Å². The van der Waals surface area contributed by atoms with E-state index < -0.39 is 0 Å². The summed E-state index contributed by atoms with van der Waals surface area (Å²) in [5, 5.41) is 3.40. The molecule has 0 spiro atoms. The molecule has 5 nitrogen and oxygen atoms in total. The van der Waals surface area contributed by atoms with E-state index in [4.69, 9.17) is 5.84 Å². The van der Waals surface area contributed by atoms with Crippen LogP contribution in [0.2, 0.25) is 0 Å². The van der Waals surface area contributed by atoms with Gasteiger partial charge in [0.2, 0.25) is 0 Å². The van der Waals surface area contributed by atoms with Crippen molar-refractivity contribution in [2.45, 2.75) is 46.6 Å². The first-order valence-corrected chi connectivity index (χ1v) is 6.13. The minimum Gasteiger partial charge on any atom is -0.367 e. The minimum atomic E-state index is 0.393. The maximum Gasteiger partial charge on any atom is 0.148 e. The summed E-state index contributed by atoms with van der Waals surface area (Å²) in [6.45, 7) is 8.60. The van der Waals surface area contributed by atoms with Crippen molar-refractivity contribution in [2.24, 2.45) is 11.8 Å². The Morgan fingerprint density at radius 1 is 1.29 bits per heavy atom. The smallest absolute Gasteiger partial charge is 0.148 e. The fourth-order valence-corrected chi connectivity index (χ4v) is 1.80. The Labute approximate surface area is 103 Å². The molecule has 0 fully saturated rings. The number of anilines is 2. The number of nitrogens with two attached hydrogens (primary N) is 1. The highest BCUT2D eigenvalue weighted by Crippen LogP contribution is 2.19. The van der Waals surface area contributed by atoms with Crippen LogP contribution in [-0.2, 0) is 0 Å². The molecule has 1 aromatic heterocycles. The summed E-state index contributed by atoms with van der Waals surface area (Å²) in [6.07, 6.45) is 3.84. The summed E-state index contributed by atoms with van der Waals surface area (Å²) in [6, 6.07) is 0.393. The molecule has 0 saturated heterocycles. The Morgan fingerprint density at radius 2 is 1.94 bits per heavy atom. The van der Waals surface area contributed by atoms with Gasteiger partial charge in [0.15, 0.2) is 0 Å². The van der Waals surface area contributed by atoms with Crippen LogP contribution in [0.1, 0.15) is 39.2 Å². The van der Waals surface area contributed by atoms with Crippen LogP contribution in [0, 0.1) is 12.8 Å². The van der Waals surface area contributed by atoms with Gasteiger partial charge in [-0.05, 0) is 26.2 Å². The number of hydrogen-bond donors (Lipinski definition) is 3. The number of nitrogens with one attached hydrogen (secondary N) is 2. The Hall–Kier alpha value is -1.36. The second-order valence-corrected chi connectivity index (χ2v) is 4.63. The van der Waals surface area contributed by atoms with Gasteiger partial charge in [-0.2, -0.15) is 0 Å². The van der Waals surface area contributed by atoms with E-state index in [9.17, 15) is 0 Å². The summed E-state index contributed by atoms with van der Waals surface area (Å²) in [5.41, 5.74) is 3.52. The molecule has 5 heteroatoms. The Kier molecular flexibility index (Phi) is 5.15. The van der Waals surface area contributed by atoms with Crippen molar-refractivity contribution in [2.75, 3.05) is 10.7 Å². The predicted octanol–water partition coefficient (Wildman–Crippen LogP) is 2.31. The van der Waals surface area contributed by atoms with Crippen molar-refractivity contribution in [1.82, 2.24) is 9.97 Å². The van der Waals surface area contributed by atoms with Crippen molar-refractivity contribution in [3.63, 3.8) is 0 Å². The summed E-state index contributed by atoms with van der Waals surface area (Å²) in [4.78, 5) is 8.30. The van der Waals surface area contributed by atoms with E-state index in [1.165, 1.54) is 12.7 Å². The zero-order valence-electron chi connectivity index (χ0n) is 11.1. The van der Waals surface area contributed by atoms with Crippen molar-refractivity contribution in [3.05, 3.63) is 11.9 Å². The van der Waals surface area contributed by atoms with Crippen LogP contribution in [0.25, 0.3) is 0 Å². The van der Waals surface area contributed by atoms with Crippen LogP contribution in [0.5, 0.6) is 0 Å². The van der Waals surface area contributed by atoms with Crippen molar-refractivity contribution in [3.8, 4) is 0 Å². The van der Waals surface area contributed by atoms with Crippen molar-refractivity contribution < 1.29 is 0 Å². The summed E-state index contributed by atoms with van der Waals surface area (Å²) in [5.74, 6) is 7.61. The number of nitrogen functional groups attached to an aromatic ring is 1. The first kappa shape index (κ1) is 13.7. The minimum absolute atomic E-state index is 0.393. The third-order valence-corrected chi connectivity index (χ3v) is 3.06. The van der Waals surface area contributed by atoms with Crippen LogP contribution in [0.15, 0.2) is 6.33 Å². The lowest BCUT2D eigenvalue weighted by Crippen LogP contribution is -2.20. The lowest BCUT2D eigenvalue weighted by Gasteiger charge is -2.19. The second-order valence-electron chi connectivity index (χ2n) is 4.63. The van der Waals surface area contributed by atoms with E-state index in [1.54, 1.807) is 0 Å². The molecule has 4 N–H and O–H groups in total. The molecule has 0 aromatic carbocycles. The largest absolute Gasteiger partial charge is 0.367 e. The third-order valence-electron chi connectivity index (χ3n) is 3.06. The van der Waals surface area contributed by atoms with Crippen LogP contribution in [0.4, 0.5) is 11.6 Å². The van der Waals surface area contributed by atoms with Crippen LogP contribution in [0.3, 0.4) is 0 Å². The molecule has 17 heavy (non-hydrogen) atoms. The Morgan fingerprint density at radius 3 is 2.53 bits per heavy atom. The summed E-state index contributed by atoms with van der Waals surface area (Å²) in [7, 11) is 0. The molecule has 0 saturated carbocycles. The highest BCUT2D eigenvalue weighted by atomic mass is 15.3. The quantitative estimate of drug-likeness (QED) is 0.523. The van der Waals surface area contributed by atoms with Gasteiger partial charge in [-0.3, -0.25) is 0 Å². The molecule has 0 bridgehead atoms. The van der Waals surface area contributed by atoms with E-state index in [0.29, 0.717) is 17.8 Å². The molecule has 1 rings (SSSR count). The van der Waals surface area contributed by atoms with Gasteiger partial charge in [0.1, 0.15) is 18.0 Å². The lowest BCUT2D eigenvalue weighted by atomic mass is 10.0. The SMILES string of the molecule is CCC(C)CC(C)Nc1ncnc(NN)c1C. The molecule has 0 radical (unpaired) electrons. The fourth-order valence-electron chi connectivity index (χ4n) is 1.80. The monoisotopic (exact) mass is 237 g/mol. The lowest BCUT2D eigenvalue weighted by molar-refractivity contribution is 0.483. The van der Waals surface area contributed by atoms with Crippen LogP contribution >= 0.6 is 0 Å². The average Bonchev–Trinajstić information content (AvgIpc) is 2.31. The normalized spacial score (nSPS) is 14.2. The molecule has 1 heterocycles. The van der Waals surface area contributed by atoms with Gasteiger partial charge >= 0.3 is 0 Å². The Bertz CT molecular complexity index is 353. The molecular weight excluding hydrogens is 214 g/mol. The van der Waals surface area contributed by atoms with Gasteiger partial charge < -0.3 is 10.7 Å². The number of rotatable bonds is 6. The molecular formula is C12H23N5. The standard InChI is InChI=1S/C12H23N5/c1-5-8(2)6-9(3)16-11-10(4)12(17-13)15-7-14-11/h7-9H,5-6,13H2,1-4H3,(H2,14,15,16,17). The molecule has 2 unspecified atom stereocenters. The number of nitrogens with zero attached hydrogens (tertiary/aromatic N) is 2. The zero-order valence-corrected chi connectivity index (χ0v) is 11.1. The first-order chi connectivity index (χ1) is 8.08. The van der Waals surface area contributed by atoms with Gasteiger partial charge in [-0.1, -0.05) is 20.3 Å². The molecule has 1 aromatic rings. The van der Waals surface area contributed by atoms with Gasteiger partial charge in [0, 0.05) is 11.6 Å². The van der Waals surface area contributed by atoms with E-state index in [-0.39, 0.29) is 0 Å². The van der Waals surface area contributed by atoms with Crippen molar-refractivity contribution >= 4 is 11.6 Å². The van der Waals surface area contributed by atoms with Gasteiger partial charge in [0.05, 0.1) is 0 Å². The molecule has 96 valence electrons. The molecule has 0 amide bonds. The topological polar surface area (TPSA) is 75.9 Å². The molecule has 0 aliphatic carbocycles. The van der Waals surface area contributed by atoms with Gasteiger partial charge in [-0.25, -0.2) is 15.8 Å². The number of hydrazine groups is 1. The number of aromatic nitrogens is 2. The molecule has 2 atom stereocenters. The van der Waals surface area contributed by atoms with Gasteiger partial charge in [-0.15, -0.1) is 0 Å². The maximum atomic E-state index is 5.38. The van der Waals surface area contributed by atoms with E-state index >= 15 is 0 Å². The van der Waals surface area contributed by atoms with Crippen LogP contribution < -0.4 is 16.6 Å². The fraction of sp³-hybridized carbons (Fsp3) is 0.667. The highest BCUT2D eigenvalue weighted by Gasteiger charge is 2.11. The van der Waals surface area contributed by atoms with Crippen LogP contribution in [-0.4, -0.2) is 16.0 Å². The van der Waals surface area contributed by atoms with Crippen molar-refractivity contribution in [1.29, 1.82) is 0 Å². The Balaban J connectivity index is 2.68. The number of hydrogen-bond acceptors (Lipinski definition) is 5. The second kappa shape index (κ2) is 6.39. The van der Waals surface area contributed by atoms with E-state index in [1.807, 2.05) is 6.92 Å². The third kappa shape index (κ3) is 3.85. The van der Waals surface area contributed by atoms with Gasteiger partial charge in [0.25, 0.3) is 0 Å². The molecule has 0 aliphatic rings. The summed E-state index contributed by atoms with van der Waals surface area (Å²) < 4.78 is 0. The zero-order chi connectivity index (χ0) is 12.8. The first-order valence-electron chi connectivity index (χ1n) is 6.13. The average molecular weight is 237 g/mol.